The first kappa shape index (κ1) is 18.6. The van der Waals surface area contributed by atoms with E-state index in [4.69, 9.17) is 0 Å². The van der Waals surface area contributed by atoms with Gasteiger partial charge in [0.1, 0.15) is 11.6 Å². The van der Waals surface area contributed by atoms with Crippen molar-refractivity contribution in [2.45, 2.75) is 26.8 Å². The number of hydrogen-bond acceptors (Lipinski definition) is 5. The second-order valence-corrected chi connectivity index (χ2v) is 6.93. The van der Waals surface area contributed by atoms with E-state index in [1.165, 1.54) is 0 Å². The number of aryl methyl sites for hydroxylation is 1. The Morgan fingerprint density at radius 2 is 1.93 bits per heavy atom. The maximum atomic E-state index is 12.0. The van der Waals surface area contributed by atoms with E-state index in [0.717, 1.165) is 28.3 Å². The lowest BCUT2D eigenvalue weighted by Crippen LogP contribution is -2.14. The maximum absolute atomic E-state index is 12.0. The van der Waals surface area contributed by atoms with Crippen LogP contribution in [-0.4, -0.2) is 24.7 Å². The second kappa shape index (κ2) is 7.71. The third kappa shape index (κ3) is 3.80. The summed E-state index contributed by atoms with van der Waals surface area (Å²) in [5.74, 6) is 1.26. The minimum atomic E-state index is -0.126. The average Bonchev–Trinajstić information content (AvgIpc) is 3.27. The van der Waals surface area contributed by atoms with E-state index in [0.29, 0.717) is 11.4 Å². The molecule has 4 rings (SSSR count). The normalized spacial score (nSPS) is 12.0. The van der Waals surface area contributed by atoms with Crippen molar-refractivity contribution < 1.29 is 0 Å². The van der Waals surface area contributed by atoms with Crippen LogP contribution < -0.4 is 10.9 Å². The number of nitrogens with one attached hydrogen (secondary N) is 2. The lowest BCUT2D eigenvalue weighted by Gasteiger charge is -2.18. The minimum absolute atomic E-state index is 0.0216. The number of para-hydroxylation sites is 1. The fraction of sp³-hybridized carbons (Fsp3) is 0.182. The summed E-state index contributed by atoms with van der Waals surface area (Å²) in [6, 6.07) is 13.8. The molecule has 7 heteroatoms. The number of benzene rings is 1. The zero-order valence-electron chi connectivity index (χ0n) is 16.5. The SMILES string of the molecule is Cc1nc(-c2ccc(NC(C)c3ccccc3-n3cccn3)nc2)[nH]c(=O)c1C. The molecule has 4 aromatic rings. The molecule has 0 aliphatic heterocycles. The molecule has 3 heterocycles. The second-order valence-electron chi connectivity index (χ2n) is 6.93. The summed E-state index contributed by atoms with van der Waals surface area (Å²) in [6.45, 7) is 5.68. The lowest BCUT2D eigenvalue weighted by atomic mass is 10.1. The molecule has 7 nitrogen and oxygen atoms in total. The molecule has 0 fully saturated rings. The fourth-order valence-corrected chi connectivity index (χ4v) is 3.17. The number of H-pyrrole nitrogens is 1. The van der Waals surface area contributed by atoms with E-state index in [1.807, 2.05) is 54.2 Å². The van der Waals surface area contributed by atoms with E-state index in [-0.39, 0.29) is 11.6 Å². The first-order chi connectivity index (χ1) is 14.0. The van der Waals surface area contributed by atoms with Crippen molar-refractivity contribution in [3.8, 4) is 17.1 Å². The molecule has 2 N–H and O–H groups in total. The predicted octanol–water partition coefficient (Wildman–Crippen LogP) is 3.81. The molecular formula is C22H22N6O. The Hall–Kier alpha value is -3.74. The van der Waals surface area contributed by atoms with Crippen LogP contribution in [0.5, 0.6) is 0 Å². The van der Waals surface area contributed by atoms with Crippen LogP contribution in [0.1, 0.15) is 29.8 Å². The van der Waals surface area contributed by atoms with Gasteiger partial charge in [0.25, 0.3) is 5.56 Å². The van der Waals surface area contributed by atoms with E-state index >= 15 is 0 Å². The lowest BCUT2D eigenvalue weighted by molar-refractivity contribution is 0.814. The maximum Gasteiger partial charge on any atom is 0.254 e. The summed E-state index contributed by atoms with van der Waals surface area (Å²) >= 11 is 0. The highest BCUT2D eigenvalue weighted by atomic mass is 16.1. The zero-order chi connectivity index (χ0) is 20.4. The molecule has 3 aromatic heterocycles. The summed E-state index contributed by atoms with van der Waals surface area (Å²) in [4.78, 5) is 23.8. The summed E-state index contributed by atoms with van der Waals surface area (Å²) in [7, 11) is 0. The number of anilines is 1. The predicted molar refractivity (Wildman–Crippen MR) is 113 cm³/mol. The molecule has 146 valence electrons. The van der Waals surface area contributed by atoms with Gasteiger partial charge in [-0.05, 0) is 50.6 Å². The van der Waals surface area contributed by atoms with Gasteiger partial charge in [-0.15, -0.1) is 0 Å². The van der Waals surface area contributed by atoms with Crippen LogP contribution in [0.2, 0.25) is 0 Å². The largest absolute Gasteiger partial charge is 0.363 e. The Labute approximate surface area is 168 Å². The average molecular weight is 386 g/mol. The third-order valence-electron chi connectivity index (χ3n) is 4.95. The van der Waals surface area contributed by atoms with Crippen LogP contribution >= 0.6 is 0 Å². The molecule has 0 saturated heterocycles. The number of hydrogen-bond donors (Lipinski definition) is 2. The number of aromatic nitrogens is 5. The smallest absolute Gasteiger partial charge is 0.254 e. The molecule has 0 spiro atoms. The van der Waals surface area contributed by atoms with Gasteiger partial charge >= 0.3 is 0 Å². The topological polar surface area (TPSA) is 88.5 Å². The number of aromatic amines is 1. The first-order valence-corrected chi connectivity index (χ1v) is 9.42. The van der Waals surface area contributed by atoms with Gasteiger partial charge in [0, 0.05) is 35.4 Å². The Balaban J connectivity index is 1.57. The van der Waals surface area contributed by atoms with Crippen LogP contribution in [0, 0.1) is 13.8 Å². The van der Waals surface area contributed by atoms with Crippen LogP contribution in [0.25, 0.3) is 17.1 Å². The van der Waals surface area contributed by atoms with Crippen LogP contribution in [-0.2, 0) is 0 Å². The highest BCUT2D eigenvalue weighted by Crippen LogP contribution is 2.24. The van der Waals surface area contributed by atoms with Crippen molar-refractivity contribution in [1.29, 1.82) is 0 Å². The van der Waals surface area contributed by atoms with Crippen molar-refractivity contribution >= 4 is 5.82 Å². The van der Waals surface area contributed by atoms with Crippen LogP contribution in [0.3, 0.4) is 0 Å². The molecule has 0 bridgehead atoms. The molecule has 1 atom stereocenters. The molecule has 29 heavy (non-hydrogen) atoms. The van der Waals surface area contributed by atoms with Crippen molar-refractivity contribution in [3.63, 3.8) is 0 Å². The van der Waals surface area contributed by atoms with Gasteiger partial charge in [-0.2, -0.15) is 5.10 Å². The van der Waals surface area contributed by atoms with Gasteiger partial charge in [-0.3, -0.25) is 4.79 Å². The highest BCUT2D eigenvalue weighted by molar-refractivity contribution is 5.57. The Kier molecular flexibility index (Phi) is 4.95. The number of nitrogens with zero attached hydrogens (tertiary/aromatic N) is 4. The highest BCUT2D eigenvalue weighted by Gasteiger charge is 2.13. The number of pyridine rings is 1. The van der Waals surface area contributed by atoms with E-state index < -0.39 is 0 Å². The Bertz CT molecular complexity index is 1180. The Morgan fingerprint density at radius 3 is 2.62 bits per heavy atom. The van der Waals surface area contributed by atoms with Gasteiger partial charge in [0.05, 0.1) is 11.7 Å². The monoisotopic (exact) mass is 386 g/mol. The van der Waals surface area contributed by atoms with Gasteiger partial charge < -0.3 is 10.3 Å². The summed E-state index contributed by atoms with van der Waals surface area (Å²) < 4.78 is 1.85. The summed E-state index contributed by atoms with van der Waals surface area (Å²) in [5.41, 5.74) is 4.12. The quantitative estimate of drug-likeness (QED) is 0.544. The van der Waals surface area contributed by atoms with Gasteiger partial charge in [-0.1, -0.05) is 18.2 Å². The molecule has 1 unspecified atom stereocenters. The summed E-state index contributed by atoms with van der Waals surface area (Å²) in [6.07, 6.45) is 5.40. The number of rotatable bonds is 5. The first-order valence-electron chi connectivity index (χ1n) is 9.42. The third-order valence-corrected chi connectivity index (χ3v) is 4.95. The van der Waals surface area contributed by atoms with Gasteiger partial charge in [0.2, 0.25) is 0 Å². The van der Waals surface area contributed by atoms with E-state index in [1.54, 1.807) is 19.3 Å². The van der Waals surface area contributed by atoms with Crippen LogP contribution in [0.15, 0.2) is 65.8 Å². The van der Waals surface area contributed by atoms with Gasteiger partial charge in [-0.25, -0.2) is 14.6 Å². The molecule has 0 radical (unpaired) electrons. The molecule has 0 saturated carbocycles. The van der Waals surface area contributed by atoms with Crippen molar-refractivity contribution in [2.24, 2.45) is 0 Å². The van der Waals surface area contributed by atoms with E-state index in [9.17, 15) is 4.79 Å². The molecule has 0 amide bonds. The fourth-order valence-electron chi connectivity index (χ4n) is 3.17. The van der Waals surface area contributed by atoms with Crippen molar-refractivity contribution in [1.82, 2.24) is 24.7 Å². The van der Waals surface area contributed by atoms with Crippen molar-refractivity contribution in [2.75, 3.05) is 5.32 Å². The summed E-state index contributed by atoms with van der Waals surface area (Å²) in [5, 5.41) is 7.77. The van der Waals surface area contributed by atoms with Crippen LogP contribution in [0.4, 0.5) is 5.82 Å². The van der Waals surface area contributed by atoms with E-state index in [2.05, 4.69) is 38.4 Å². The van der Waals surface area contributed by atoms with Gasteiger partial charge in [0.15, 0.2) is 0 Å². The Morgan fingerprint density at radius 1 is 1.10 bits per heavy atom. The molecular weight excluding hydrogens is 364 g/mol. The zero-order valence-corrected chi connectivity index (χ0v) is 16.5. The minimum Gasteiger partial charge on any atom is -0.363 e. The molecule has 1 aromatic carbocycles. The molecule has 0 aliphatic carbocycles. The molecule has 0 aliphatic rings. The standard InChI is InChI=1S/C22H22N6O/c1-14-15(2)26-21(27-22(14)29)17-9-10-20(23-13-17)25-16(3)18-7-4-5-8-19(18)28-12-6-11-24-28/h4-13,16H,1-3H3,(H,23,25)(H,26,27,29). The van der Waals surface area contributed by atoms with Crippen molar-refractivity contribution in [3.05, 3.63) is 88.2 Å².